The van der Waals surface area contributed by atoms with Crippen LogP contribution in [0, 0.1) is 0 Å². The first-order valence-electron chi connectivity index (χ1n) is 7.20. The molecule has 1 unspecified atom stereocenters. The SMILES string of the molecule is O=C(O)c1cccc2ccnc(N3CCCCC3C(=O)O)c12. The lowest BCUT2D eigenvalue weighted by molar-refractivity contribution is -0.139. The molecule has 114 valence electrons. The summed E-state index contributed by atoms with van der Waals surface area (Å²) >= 11 is 0. The van der Waals surface area contributed by atoms with Crippen LogP contribution in [-0.4, -0.2) is 39.7 Å². The third-order valence-corrected chi connectivity index (χ3v) is 4.06. The Labute approximate surface area is 127 Å². The summed E-state index contributed by atoms with van der Waals surface area (Å²) in [6.07, 6.45) is 3.86. The maximum absolute atomic E-state index is 11.5. The van der Waals surface area contributed by atoms with E-state index >= 15 is 0 Å². The second-order valence-electron chi connectivity index (χ2n) is 5.39. The fraction of sp³-hybridized carbons (Fsp3) is 0.312. The molecule has 1 aromatic carbocycles. The number of pyridine rings is 1. The number of hydrogen-bond donors (Lipinski definition) is 2. The van der Waals surface area contributed by atoms with Gasteiger partial charge in [0.1, 0.15) is 11.9 Å². The van der Waals surface area contributed by atoms with Crippen molar-refractivity contribution in [2.45, 2.75) is 25.3 Å². The van der Waals surface area contributed by atoms with Gasteiger partial charge < -0.3 is 15.1 Å². The van der Waals surface area contributed by atoms with E-state index in [1.54, 1.807) is 23.2 Å². The van der Waals surface area contributed by atoms with E-state index in [-0.39, 0.29) is 5.56 Å². The molecule has 0 aliphatic carbocycles. The van der Waals surface area contributed by atoms with E-state index in [1.165, 1.54) is 6.07 Å². The minimum Gasteiger partial charge on any atom is -0.480 e. The van der Waals surface area contributed by atoms with Gasteiger partial charge in [-0.3, -0.25) is 0 Å². The molecule has 1 fully saturated rings. The van der Waals surface area contributed by atoms with Crippen molar-refractivity contribution in [1.29, 1.82) is 0 Å². The largest absolute Gasteiger partial charge is 0.480 e. The fourth-order valence-electron chi connectivity index (χ4n) is 3.05. The molecule has 1 aliphatic rings. The Bertz CT molecular complexity index is 739. The van der Waals surface area contributed by atoms with E-state index < -0.39 is 18.0 Å². The first kappa shape index (κ1) is 14.3. The van der Waals surface area contributed by atoms with Crippen molar-refractivity contribution in [3.05, 3.63) is 36.0 Å². The van der Waals surface area contributed by atoms with Crippen LogP contribution in [0.3, 0.4) is 0 Å². The van der Waals surface area contributed by atoms with Crippen LogP contribution in [0.1, 0.15) is 29.6 Å². The molecule has 1 aromatic heterocycles. The van der Waals surface area contributed by atoms with Crippen LogP contribution in [0.15, 0.2) is 30.5 Å². The van der Waals surface area contributed by atoms with Gasteiger partial charge in [0.05, 0.1) is 5.56 Å². The number of carbonyl (C=O) groups is 2. The molecule has 0 saturated carbocycles. The summed E-state index contributed by atoms with van der Waals surface area (Å²) in [7, 11) is 0. The van der Waals surface area contributed by atoms with E-state index in [9.17, 15) is 19.8 Å². The number of rotatable bonds is 3. The number of carboxylic acid groups (broad SMARTS) is 2. The zero-order valence-corrected chi connectivity index (χ0v) is 11.9. The lowest BCUT2D eigenvalue weighted by atomic mass is 9.99. The topological polar surface area (TPSA) is 90.7 Å². The van der Waals surface area contributed by atoms with Gasteiger partial charge in [0.15, 0.2) is 0 Å². The van der Waals surface area contributed by atoms with Gasteiger partial charge in [-0.1, -0.05) is 12.1 Å². The first-order chi connectivity index (χ1) is 10.6. The van der Waals surface area contributed by atoms with Gasteiger partial charge >= 0.3 is 11.9 Å². The van der Waals surface area contributed by atoms with Gasteiger partial charge in [0.2, 0.25) is 0 Å². The molecule has 0 amide bonds. The van der Waals surface area contributed by atoms with Gasteiger partial charge in [0, 0.05) is 18.1 Å². The Morgan fingerprint density at radius 1 is 1.18 bits per heavy atom. The average Bonchev–Trinajstić information content (AvgIpc) is 2.53. The minimum absolute atomic E-state index is 0.148. The number of fused-ring (bicyclic) bond motifs is 1. The maximum atomic E-state index is 11.5. The van der Waals surface area contributed by atoms with Crippen molar-refractivity contribution >= 4 is 28.5 Å². The predicted octanol–water partition coefficient (Wildman–Crippen LogP) is 2.38. The second-order valence-corrected chi connectivity index (χ2v) is 5.39. The summed E-state index contributed by atoms with van der Waals surface area (Å²) in [5, 5.41) is 20.1. The zero-order valence-electron chi connectivity index (χ0n) is 11.9. The number of piperidine rings is 1. The molecule has 1 saturated heterocycles. The Morgan fingerprint density at radius 2 is 2.00 bits per heavy atom. The summed E-state index contributed by atoms with van der Waals surface area (Å²) in [6.45, 7) is 0.567. The van der Waals surface area contributed by atoms with Crippen molar-refractivity contribution in [1.82, 2.24) is 4.98 Å². The molecule has 2 heterocycles. The third-order valence-electron chi connectivity index (χ3n) is 4.06. The van der Waals surface area contributed by atoms with Crippen LogP contribution in [0.25, 0.3) is 10.8 Å². The van der Waals surface area contributed by atoms with Crippen molar-refractivity contribution in [2.24, 2.45) is 0 Å². The molecule has 2 aromatic rings. The molecule has 1 aliphatic heterocycles. The van der Waals surface area contributed by atoms with Gasteiger partial charge in [-0.2, -0.15) is 0 Å². The summed E-state index contributed by atoms with van der Waals surface area (Å²) in [5.41, 5.74) is 0.148. The Kier molecular flexibility index (Phi) is 3.66. The Morgan fingerprint density at radius 3 is 2.73 bits per heavy atom. The molecule has 2 N–H and O–H groups in total. The Balaban J connectivity index is 2.21. The second kappa shape index (κ2) is 5.63. The molecule has 1 atom stereocenters. The van der Waals surface area contributed by atoms with Crippen molar-refractivity contribution < 1.29 is 19.8 Å². The molecule has 0 spiro atoms. The molecule has 0 radical (unpaired) electrons. The molecule has 6 heteroatoms. The third kappa shape index (κ3) is 2.36. The van der Waals surface area contributed by atoms with Crippen LogP contribution >= 0.6 is 0 Å². The minimum atomic E-state index is -1.04. The molecule has 0 bridgehead atoms. The quantitative estimate of drug-likeness (QED) is 0.904. The van der Waals surface area contributed by atoms with Crippen molar-refractivity contribution in [3.8, 4) is 0 Å². The number of carboxylic acids is 2. The lowest BCUT2D eigenvalue weighted by Gasteiger charge is -2.34. The van der Waals surface area contributed by atoms with E-state index in [0.29, 0.717) is 24.2 Å². The number of nitrogens with zero attached hydrogens (tertiary/aromatic N) is 2. The van der Waals surface area contributed by atoms with E-state index in [1.807, 2.05) is 6.07 Å². The predicted molar refractivity (Wildman–Crippen MR) is 81.3 cm³/mol. The highest BCUT2D eigenvalue weighted by molar-refractivity contribution is 6.08. The highest BCUT2D eigenvalue weighted by Gasteiger charge is 2.31. The molecular formula is C16H16N2O4. The lowest BCUT2D eigenvalue weighted by Crippen LogP contribution is -2.45. The monoisotopic (exact) mass is 300 g/mol. The summed E-state index contributed by atoms with van der Waals surface area (Å²) in [4.78, 5) is 29.0. The van der Waals surface area contributed by atoms with E-state index in [2.05, 4.69) is 4.98 Å². The number of hydrogen-bond acceptors (Lipinski definition) is 4. The van der Waals surface area contributed by atoms with Crippen LogP contribution in [0.4, 0.5) is 5.82 Å². The standard InChI is InChI=1S/C16H16N2O4/c19-15(20)11-5-3-4-10-7-8-17-14(13(10)11)18-9-2-1-6-12(18)16(21)22/h3-5,7-8,12H,1-2,6,9H2,(H,19,20)(H,21,22). The highest BCUT2D eigenvalue weighted by atomic mass is 16.4. The number of aliphatic carboxylic acids is 1. The van der Waals surface area contributed by atoms with Gasteiger partial charge in [-0.05, 0) is 36.8 Å². The molecule has 22 heavy (non-hydrogen) atoms. The summed E-state index contributed by atoms with van der Waals surface area (Å²) in [5.74, 6) is -1.49. The number of aromatic carboxylic acids is 1. The van der Waals surface area contributed by atoms with Crippen LogP contribution in [0.2, 0.25) is 0 Å². The average molecular weight is 300 g/mol. The summed E-state index contributed by atoms with van der Waals surface area (Å²) in [6, 6.07) is 6.10. The summed E-state index contributed by atoms with van der Waals surface area (Å²) < 4.78 is 0. The zero-order chi connectivity index (χ0) is 15.7. The fourth-order valence-corrected chi connectivity index (χ4v) is 3.05. The van der Waals surface area contributed by atoms with Crippen LogP contribution in [0.5, 0.6) is 0 Å². The number of benzene rings is 1. The van der Waals surface area contributed by atoms with Gasteiger partial charge in [-0.15, -0.1) is 0 Å². The molecular weight excluding hydrogens is 284 g/mol. The maximum Gasteiger partial charge on any atom is 0.336 e. The van der Waals surface area contributed by atoms with Crippen molar-refractivity contribution in [3.63, 3.8) is 0 Å². The number of aromatic nitrogens is 1. The first-order valence-corrected chi connectivity index (χ1v) is 7.20. The van der Waals surface area contributed by atoms with Crippen LogP contribution in [-0.2, 0) is 4.79 Å². The van der Waals surface area contributed by atoms with Crippen LogP contribution < -0.4 is 4.90 Å². The van der Waals surface area contributed by atoms with Crippen molar-refractivity contribution in [2.75, 3.05) is 11.4 Å². The highest BCUT2D eigenvalue weighted by Crippen LogP contribution is 2.32. The molecule has 3 rings (SSSR count). The number of anilines is 1. The van der Waals surface area contributed by atoms with E-state index in [4.69, 9.17) is 0 Å². The molecule has 6 nitrogen and oxygen atoms in total. The Hall–Kier alpha value is -2.63. The normalized spacial score (nSPS) is 18.4. The van der Waals surface area contributed by atoms with Gasteiger partial charge in [-0.25, -0.2) is 14.6 Å². The van der Waals surface area contributed by atoms with Gasteiger partial charge in [0.25, 0.3) is 0 Å². The van der Waals surface area contributed by atoms with E-state index in [0.717, 1.165) is 18.2 Å². The smallest absolute Gasteiger partial charge is 0.336 e.